The topological polar surface area (TPSA) is 35.8 Å². The van der Waals surface area contributed by atoms with E-state index in [1.807, 2.05) is 12.3 Å². The summed E-state index contributed by atoms with van der Waals surface area (Å²) < 4.78 is 6.30. The van der Waals surface area contributed by atoms with Crippen LogP contribution in [0.3, 0.4) is 0 Å². The maximum atomic E-state index is 6.30. The van der Waals surface area contributed by atoms with E-state index in [1.165, 1.54) is 35.2 Å². The molecule has 0 spiro atoms. The Bertz CT molecular complexity index is 989. The van der Waals surface area contributed by atoms with Crippen molar-refractivity contribution in [3.8, 4) is 0 Å². The number of likely N-dealkylation sites (tertiary alicyclic amines) is 1. The molecular weight excluding hydrogens is 360 g/mol. The summed E-state index contributed by atoms with van der Waals surface area (Å²) in [6, 6.07) is 13.3. The third-order valence-corrected chi connectivity index (χ3v) is 6.52. The normalized spacial score (nSPS) is 21.3. The molecule has 2 aromatic heterocycles. The summed E-state index contributed by atoms with van der Waals surface area (Å²) in [5.41, 5.74) is 4.82. The van der Waals surface area contributed by atoms with E-state index in [4.69, 9.17) is 9.40 Å². The summed E-state index contributed by atoms with van der Waals surface area (Å²) in [6.07, 6.45) is 4.31. The van der Waals surface area contributed by atoms with Crippen LogP contribution < -0.4 is 4.90 Å². The van der Waals surface area contributed by atoms with Gasteiger partial charge in [0.05, 0.1) is 18.3 Å². The lowest BCUT2D eigenvalue weighted by Gasteiger charge is -2.34. The summed E-state index contributed by atoms with van der Waals surface area (Å²) in [4.78, 5) is 12.1. The van der Waals surface area contributed by atoms with Crippen LogP contribution in [-0.2, 0) is 6.54 Å². The second-order valence-electron chi connectivity index (χ2n) is 8.53. The van der Waals surface area contributed by atoms with Crippen LogP contribution in [0.1, 0.15) is 35.9 Å². The van der Waals surface area contributed by atoms with Gasteiger partial charge in [0.1, 0.15) is 11.3 Å². The van der Waals surface area contributed by atoms with Gasteiger partial charge in [-0.25, -0.2) is 0 Å². The molecule has 1 unspecified atom stereocenters. The van der Waals surface area contributed by atoms with Gasteiger partial charge in [0.25, 0.3) is 0 Å². The quantitative estimate of drug-likeness (QED) is 0.666. The standard InChI is InChI=1S/C24H30N4O/c1-18-6-4-10-25-24(18)22-8-5-11-28(22)17-19-16-20-21(7-3-9-23(20)29-19)27-14-12-26(2)13-15-27/h3-4,6-7,9-10,16,22H,5,8,11-15,17H2,1-2H3. The number of aromatic nitrogens is 1. The monoisotopic (exact) mass is 390 g/mol. The number of furan rings is 1. The molecule has 4 heterocycles. The Labute approximate surface area is 172 Å². The van der Waals surface area contributed by atoms with E-state index in [0.717, 1.165) is 50.6 Å². The number of piperazine rings is 1. The molecule has 0 aliphatic carbocycles. The molecule has 2 fully saturated rings. The van der Waals surface area contributed by atoms with Gasteiger partial charge in [-0.15, -0.1) is 0 Å². The van der Waals surface area contributed by atoms with Crippen molar-refractivity contribution in [1.82, 2.24) is 14.8 Å². The molecule has 0 radical (unpaired) electrons. The molecule has 5 nitrogen and oxygen atoms in total. The highest BCUT2D eigenvalue weighted by Gasteiger charge is 2.29. The molecule has 2 saturated heterocycles. The molecule has 1 aromatic carbocycles. The molecule has 152 valence electrons. The first-order chi connectivity index (χ1) is 14.2. The molecule has 2 aliphatic rings. The van der Waals surface area contributed by atoms with Crippen molar-refractivity contribution in [3.63, 3.8) is 0 Å². The predicted octanol–water partition coefficient (Wildman–Crippen LogP) is 4.23. The second kappa shape index (κ2) is 7.81. The first kappa shape index (κ1) is 18.6. The van der Waals surface area contributed by atoms with E-state index in [9.17, 15) is 0 Å². The van der Waals surface area contributed by atoms with Gasteiger partial charge >= 0.3 is 0 Å². The number of nitrogens with zero attached hydrogens (tertiary/aromatic N) is 4. The van der Waals surface area contributed by atoms with Gasteiger partial charge in [-0.2, -0.15) is 0 Å². The zero-order chi connectivity index (χ0) is 19.8. The van der Waals surface area contributed by atoms with Crippen LogP contribution in [-0.4, -0.2) is 54.6 Å². The number of anilines is 1. The van der Waals surface area contributed by atoms with Crippen molar-refractivity contribution in [1.29, 1.82) is 0 Å². The summed E-state index contributed by atoms with van der Waals surface area (Å²) in [6.45, 7) is 8.48. The van der Waals surface area contributed by atoms with Crippen molar-refractivity contribution >= 4 is 16.7 Å². The number of hydrogen-bond acceptors (Lipinski definition) is 5. The van der Waals surface area contributed by atoms with Crippen LogP contribution in [0.4, 0.5) is 5.69 Å². The van der Waals surface area contributed by atoms with E-state index in [-0.39, 0.29) is 0 Å². The number of pyridine rings is 1. The summed E-state index contributed by atoms with van der Waals surface area (Å²) in [5, 5.41) is 1.25. The summed E-state index contributed by atoms with van der Waals surface area (Å²) in [5.74, 6) is 1.06. The Balaban J connectivity index is 1.40. The average Bonchev–Trinajstić information content (AvgIpc) is 3.35. The Hall–Kier alpha value is -2.37. The van der Waals surface area contributed by atoms with Crippen molar-refractivity contribution in [2.45, 2.75) is 32.4 Å². The molecule has 0 N–H and O–H groups in total. The van der Waals surface area contributed by atoms with E-state index in [2.05, 4.69) is 59.0 Å². The second-order valence-corrected chi connectivity index (χ2v) is 8.53. The van der Waals surface area contributed by atoms with Gasteiger partial charge in [0.15, 0.2) is 0 Å². The highest BCUT2D eigenvalue weighted by Crippen LogP contribution is 2.36. The number of fused-ring (bicyclic) bond motifs is 1. The number of benzene rings is 1. The van der Waals surface area contributed by atoms with Crippen molar-refractivity contribution < 1.29 is 4.42 Å². The number of aryl methyl sites for hydroxylation is 1. The lowest BCUT2D eigenvalue weighted by atomic mass is 10.1. The Morgan fingerprint density at radius 1 is 1.07 bits per heavy atom. The van der Waals surface area contributed by atoms with Gasteiger partial charge in [-0.3, -0.25) is 9.88 Å². The van der Waals surface area contributed by atoms with Crippen LogP contribution in [0.2, 0.25) is 0 Å². The van der Waals surface area contributed by atoms with Crippen molar-refractivity contribution in [2.24, 2.45) is 0 Å². The third-order valence-electron chi connectivity index (χ3n) is 6.52. The fourth-order valence-electron chi connectivity index (χ4n) is 4.87. The Morgan fingerprint density at radius 2 is 1.93 bits per heavy atom. The maximum Gasteiger partial charge on any atom is 0.136 e. The van der Waals surface area contributed by atoms with E-state index in [0.29, 0.717) is 6.04 Å². The zero-order valence-corrected chi connectivity index (χ0v) is 17.5. The highest BCUT2D eigenvalue weighted by atomic mass is 16.3. The summed E-state index contributed by atoms with van der Waals surface area (Å²) >= 11 is 0. The minimum atomic E-state index is 0.390. The number of likely N-dealkylation sites (N-methyl/N-ethyl adjacent to an activating group) is 1. The fourth-order valence-corrected chi connectivity index (χ4v) is 4.87. The SMILES string of the molecule is Cc1cccnc1C1CCCN1Cc1cc2c(N3CCN(C)CC3)cccc2o1. The van der Waals surface area contributed by atoms with Crippen molar-refractivity contribution in [2.75, 3.05) is 44.7 Å². The van der Waals surface area contributed by atoms with Crippen LogP contribution in [0, 0.1) is 6.92 Å². The molecule has 5 heteroatoms. The molecule has 0 bridgehead atoms. The number of rotatable bonds is 4. The minimum absolute atomic E-state index is 0.390. The van der Waals surface area contributed by atoms with Crippen LogP contribution in [0.5, 0.6) is 0 Å². The maximum absolute atomic E-state index is 6.30. The first-order valence-corrected chi connectivity index (χ1v) is 10.8. The van der Waals surface area contributed by atoms with Crippen LogP contribution in [0.15, 0.2) is 47.0 Å². The molecule has 5 rings (SSSR count). The largest absolute Gasteiger partial charge is 0.460 e. The highest BCUT2D eigenvalue weighted by molar-refractivity contribution is 5.91. The van der Waals surface area contributed by atoms with Crippen LogP contribution in [0.25, 0.3) is 11.0 Å². The molecule has 1 atom stereocenters. The third kappa shape index (κ3) is 3.65. The fraction of sp³-hybridized carbons (Fsp3) is 0.458. The molecule has 3 aromatic rings. The molecule has 2 aliphatic heterocycles. The van der Waals surface area contributed by atoms with Gasteiger partial charge in [-0.05, 0) is 63.2 Å². The predicted molar refractivity (Wildman–Crippen MR) is 117 cm³/mol. The number of hydrogen-bond donors (Lipinski definition) is 0. The van der Waals surface area contributed by atoms with E-state index < -0.39 is 0 Å². The van der Waals surface area contributed by atoms with Gasteiger partial charge < -0.3 is 14.2 Å². The van der Waals surface area contributed by atoms with E-state index >= 15 is 0 Å². The van der Waals surface area contributed by atoms with Gasteiger partial charge in [0.2, 0.25) is 0 Å². The Kier molecular flexibility index (Phi) is 5.02. The minimum Gasteiger partial charge on any atom is -0.460 e. The lowest BCUT2D eigenvalue weighted by molar-refractivity contribution is 0.226. The molecule has 0 amide bonds. The zero-order valence-electron chi connectivity index (χ0n) is 17.5. The Morgan fingerprint density at radius 3 is 2.76 bits per heavy atom. The first-order valence-electron chi connectivity index (χ1n) is 10.8. The molecule has 0 saturated carbocycles. The van der Waals surface area contributed by atoms with Crippen LogP contribution >= 0.6 is 0 Å². The average molecular weight is 391 g/mol. The van der Waals surface area contributed by atoms with E-state index in [1.54, 1.807) is 0 Å². The lowest BCUT2D eigenvalue weighted by Crippen LogP contribution is -2.44. The molecular formula is C24H30N4O. The summed E-state index contributed by atoms with van der Waals surface area (Å²) in [7, 11) is 2.20. The van der Waals surface area contributed by atoms with Gasteiger partial charge in [0, 0.05) is 43.4 Å². The van der Waals surface area contributed by atoms with Crippen molar-refractivity contribution in [3.05, 3.63) is 59.6 Å². The van der Waals surface area contributed by atoms with Gasteiger partial charge in [-0.1, -0.05) is 12.1 Å². The smallest absolute Gasteiger partial charge is 0.136 e. The molecule has 29 heavy (non-hydrogen) atoms.